The molecule has 2 aromatic heterocycles. The van der Waals surface area contributed by atoms with Crippen molar-refractivity contribution in [1.82, 2.24) is 19.7 Å². The highest BCUT2D eigenvalue weighted by molar-refractivity contribution is 9.10. The van der Waals surface area contributed by atoms with Gasteiger partial charge in [-0.2, -0.15) is 10.4 Å². The van der Waals surface area contributed by atoms with Crippen LogP contribution in [0.4, 0.5) is 11.5 Å². The molecule has 3 aromatic rings. The Morgan fingerprint density at radius 2 is 2.05 bits per heavy atom. The predicted molar refractivity (Wildman–Crippen MR) is 85.5 cm³/mol. The van der Waals surface area contributed by atoms with Gasteiger partial charge in [0.1, 0.15) is 12.1 Å². The lowest BCUT2D eigenvalue weighted by Gasteiger charge is -2.04. The van der Waals surface area contributed by atoms with Crippen molar-refractivity contribution in [2.45, 2.75) is 6.54 Å². The van der Waals surface area contributed by atoms with Crippen LogP contribution in [-0.4, -0.2) is 19.7 Å². The fourth-order valence-corrected chi connectivity index (χ4v) is 2.25. The van der Waals surface area contributed by atoms with Crippen molar-refractivity contribution < 1.29 is 0 Å². The fourth-order valence-electron chi connectivity index (χ4n) is 1.93. The number of benzene rings is 1. The van der Waals surface area contributed by atoms with Crippen molar-refractivity contribution in [2.24, 2.45) is 0 Å². The van der Waals surface area contributed by atoms with E-state index in [0.717, 1.165) is 15.7 Å². The Morgan fingerprint density at radius 3 is 2.77 bits per heavy atom. The first-order chi connectivity index (χ1) is 10.7. The lowest BCUT2D eigenvalue weighted by atomic mass is 10.1. The molecule has 0 unspecified atom stereocenters. The molecule has 6 nitrogen and oxygen atoms in total. The number of nitrogens with one attached hydrogen (secondary N) is 1. The first-order valence-corrected chi connectivity index (χ1v) is 7.28. The molecule has 0 radical (unpaired) electrons. The van der Waals surface area contributed by atoms with Crippen molar-refractivity contribution in [2.75, 3.05) is 5.32 Å². The number of hydrogen-bond acceptors (Lipinski definition) is 5. The van der Waals surface area contributed by atoms with Crippen LogP contribution in [0.3, 0.4) is 0 Å². The Morgan fingerprint density at radius 1 is 1.23 bits per heavy atom. The van der Waals surface area contributed by atoms with Crippen LogP contribution in [-0.2, 0) is 6.54 Å². The van der Waals surface area contributed by atoms with Crippen molar-refractivity contribution in [3.8, 4) is 6.07 Å². The highest BCUT2D eigenvalue weighted by Gasteiger charge is 2.04. The summed E-state index contributed by atoms with van der Waals surface area (Å²) in [5.74, 6) is 0.688. The zero-order valence-electron chi connectivity index (χ0n) is 11.4. The van der Waals surface area contributed by atoms with Crippen LogP contribution in [0.1, 0.15) is 11.1 Å². The number of halogens is 1. The summed E-state index contributed by atoms with van der Waals surface area (Å²) in [4.78, 5) is 8.07. The van der Waals surface area contributed by atoms with Gasteiger partial charge in [-0.1, -0.05) is 12.1 Å². The third-order valence-corrected chi connectivity index (χ3v) is 3.57. The van der Waals surface area contributed by atoms with E-state index >= 15 is 0 Å². The summed E-state index contributed by atoms with van der Waals surface area (Å²) >= 11 is 3.39. The first kappa shape index (κ1) is 14.2. The van der Waals surface area contributed by atoms with E-state index in [-0.39, 0.29) is 0 Å². The van der Waals surface area contributed by atoms with Gasteiger partial charge >= 0.3 is 0 Å². The zero-order chi connectivity index (χ0) is 15.4. The molecule has 0 bridgehead atoms. The van der Waals surface area contributed by atoms with Gasteiger partial charge in [-0.05, 0) is 33.6 Å². The van der Waals surface area contributed by atoms with Gasteiger partial charge in [0.15, 0.2) is 0 Å². The first-order valence-electron chi connectivity index (χ1n) is 6.48. The second-order valence-electron chi connectivity index (χ2n) is 4.58. The van der Waals surface area contributed by atoms with E-state index in [4.69, 9.17) is 5.26 Å². The van der Waals surface area contributed by atoms with E-state index in [1.54, 1.807) is 24.5 Å². The number of anilines is 2. The van der Waals surface area contributed by atoms with E-state index in [2.05, 4.69) is 42.4 Å². The average Bonchev–Trinajstić information content (AvgIpc) is 2.97. The SMILES string of the molecule is N#Cc1ccc(Cn2cc(Nc3ncncc3Br)cn2)cc1. The molecule has 1 N–H and O–H groups in total. The zero-order valence-corrected chi connectivity index (χ0v) is 13.0. The second kappa shape index (κ2) is 6.37. The van der Waals surface area contributed by atoms with Gasteiger partial charge in [0.2, 0.25) is 0 Å². The van der Waals surface area contributed by atoms with Gasteiger partial charge < -0.3 is 5.32 Å². The molecule has 3 rings (SSSR count). The van der Waals surface area contributed by atoms with Gasteiger partial charge in [-0.15, -0.1) is 0 Å². The molecule has 2 heterocycles. The van der Waals surface area contributed by atoms with Crippen LogP contribution in [0.2, 0.25) is 0 Å². The van der Waals surface area contributed by atoms with Crippen LogP contribution in [0, 0.1) is 11.3 Å². The van der Waals surface area contributed by atoms with Gasteiger partial charge in [0, 0.05) is 12.4 Å². The maximum atomic E-state index is 8.79. The quantitative estimate of drug-likeness (QED) is 0.778. The summed E-state index contributed by atoms with van der Waals surface area (Å²) in [6, 6.07) is 9.56. The van der Waals surface area contributed by atoms with Crippen LogP contribution in [0.5, 0.6) is 0 Å². The number of rotatable bonds is 4. The van der Waals surface area contributed by atoms with Gasteiger partial charge in [-0.25, -0.2) is 9.97 Å². The van der Waals surface area contributed by atoms with E-state index in [0.29, 0.717) is 17.9 Å². The lowest BCUT2D eigenvalue weighted by Crippen LogP contribution is -2.00. The van der Waals surface area contributed by atoms with E-state index < -0.39 is 0 Å². The predicted octanol–water partition coefficient (Wildman–Crippen LogP) is 3.10. The summed E-state index contributed by atoms with van der Waals surface area (Å²) < 4.78 is 2.61. The Hall–Kier alpha value is -2.72. The Kier molecular flexibility index (Phi) is 4.12. The standard InChI is InChI=1S/C15H11BrN6/c16-14-7-18-10-19-15(14)21-13-6-20-22(9-13)8-12-3-1-11(5-17)2-4-12/h1-4,6-7,9-10H,8H2,(H,18,19,21). The molecule has 0 spiro atoms. The number of hydrogen-bond donors (Lipinski definition) is 1. The van der Waals surface area contributed by atoms with Gasteiger partial charge in [0.25, 0.3) is 0 Å². The maximum Gasteiger partial charge on any atom is 0.148 e. The monoisotopic (exact) mass is 354 g/mol. The van der Waals surface area contributed by atoms with Crippen molar-refractivity contribution >= 4 is 27.4 Å². The van der Waals surface area contributed by atoms with Crippen molar-refractivity contribution in [3.63, 3.8) is 0 Å². The molecule has 0 saturated heterocycles. The van der Waals surface area contributed by atoms with E-state index in [9.17, 15) is 0 Å². The molecule has 108 valence electrons. The molecule has 0 amide bonds. The molecule has 7 heteroatoms. The smallest absolute Gasteiger partial charge is 0.148 e. The highest BCUT2D eigenvalue weighted by atomic mass is 79.9. The summed E-state index contributed by atoms with van der Waals surface area (Å²) in [6.45, 7) is 0.637. The summed E-state index contributed by atoms with van der Waals surface area (Å²) in [6.07, 6.45) is 6.79. The van der Waals surface area contributed by atoms with E-state index in [1.165, 1.54) is 6.33 Å². The minimum atomic E-state index is 0.637. The summed E-state index contributed by atoms with van der Waals surface area (Å²) in [7, 11) is 0. The maximum absolute atomic E-state index is 8.79. The molecule has 1 aromatic carbocycles. The molecular weight excluding hydrogens is 344 g/mol. The number of nitrogens with zero attached hydrogens (tertiary/aromatic N) is 5. The molecule has 0 atom stereocenters. The van der Waals surface area contributed by atoms with Crippen molar-refractivity contribution in [1.29, 1.82) is 5.26 Å². The molecular formula is C15H11BrN6. The largest absolute Gasteiger partial charge is 0.337 e. The number of nitriles is 1. The fraction of sp³-hybridized carbons (Fsp3) is 0.0667. The third kappa shape index (κ3) is 3.30. The Labute approximate surface area is 135 Å². The topological polar surface area (TPSA) is 79.4 Å². The molecule has 0 aliphatic heterocycles. The summed E-state index contributed by atoms with van der Waals surface area (Å²) in [5, 5.41) is 16.3. The van der Waals surface area contributed by atoms with Gasteiger partial charge in [0.05, 0.1) is 34.5 Å². The van der Waals surface area contributed by atoms with Crippen LogP contribution >= 0.6 is 15.9 Å². The van der Waals surface area contributed by atoms with Crippen LogP contribution in [0.25, 0.3) is 0 Å². The average molecular weight is 355 g/mol. The van der Waals surface area contributed by atoms with Gasteiger partial charge in [-0.3, -0.25) is 4.68 Å². The molecule has 0 aliphatic rings. The molecule has 22 heavy (non-hydrogen) atoms. The van der Waals surface area contributed by atoms with Crippen LogP contribution < -0.4 is 5.32 Å². The Balaban J connectivity index is 1.71. The Bertz CT molecular complexity index is 819. The molecule has 0 fully saturated rings. The summed E-state index contributed by atoms with van der Waals surface area (Å²) in [5.41, 5.74) is 2.57. The number of aromatic nitrogens is 4. The molecule has 0 saturated carbocycles. The van der Waals surface area contributed by atoms with Crippen molar-refractivity contribution in [3.05, 3.63) is 64.8 Å². The lowest BCUT2D eigenvalue weighted by molar-refractivity contribution is 0.687. The minimum absolute atomic E-state index is 0.637. The minimum Gasteiger partial charge on any atom is -0.337 e. The second-order valence-corrected chi connectivity index (χ2v) is 5.43. The normalized spacial score (nSPS) is 10.2. The highest BCUT2D eigenvalue weighted by Crippen LogP contribution is 2.21. The van der Waals surface area contributed by atoms with Crippen LogP contribution in [0.15, 0.2) is 53.7 Å². The third-order valence-electron chi connectivity index (χ3n) is 2.99. The van der Waals surface area contributed by atoms with E-state index in [1.807, 2.05) is 23.0 Å². The molecule has 0 aliphatic carbocycles.